The van der Waals surface area contributed by atoms with Crippen LogP contribution in [-0.2, 0) is 11.4 Å². The van der Waals surface area contributed by atoms with Gasteiger partial charge in [0.2, 0.25) is 0 Å². The minimum absolute atomic E-state index is 0.229. The number of nitrogens with zero attached hydrogens (tertiary/aromatic N) is 1. The number of nitrogens with two attached hydrogens (primary N) is 1. The lowest BCUT2D eigenvalue weighted by molar-refractivity contribution is 0.130. The number of oxime groups is 1. The average molecular weight is 258 g/mol. The Bertz CT molecular complexity index is 562. The first-order valence-corrected chi connectivity index (χ1v) is 5.92. The summed E-state index contributed by atoms with van der Waals surface area (Å²) in [6, 6.07) is 13.7. The van der Waals surface area contributed by atoms with Crippen LogP contribution in [-0.4, -0.2) is 5.84 Å². The number of halogens is 1. The summed E-state index contributed by atoms with van der Waals surface area (Å²) in [6.07, 6.45) is 0. The maximum absolute atomic E-state index is 12.7. The van der Waals surface area contributed by atoms with Gasteiger partial charge in [0.05, 0.1) is 0 Å². The van der Waals surface area contributed by atoms with Crippen molar-refractivity contribution < 1.29 is 9.23 Å². The molecule has 0 amide bonds. The van der Waals surface area contributed by atoms with Crippen molar-refractivity contribution in [3.8, 4) is 0 Å². The molecule has 0 unspecified atom stereocenters. The van der Waals surface area contributed by atoms with E-state index < -0.39 is 0 Å². The minimum atomic E-state index is -0.308. The lowest BCUT2D eigenvalue weighted by atomic mass is 10.2. The van der Waals surface area contributed by atoms with Gasteiger partial charge in [0.1, 0.15) is 12.4 Å². The van der Waals surface area contributed by atoms with Crippen molar-refractivity contribution in [2.45, 2.75) is 13.5 Å². The van der Waals surface area contributed by atoms with Crippen LogP contribution in [0.2, 0.25) is 0 Å². The van der Waals surface area contributed by atoms with E-state index in [9.17, 15) is 4.39 Å². The highest BCUT2D eigenvalue weighted by atomic mass is 19.1. The van der Waals surface area contributed by atoms with Crippen LogP contribution < -0.4 is 5.73 Å². The van der Waals surface area contributed by atoms with E-state index in [-0.39, 0.29) is 11.7 Å². The highest BCUT2D eigenvalue weighted by Crippen LogP contribution is 2.06. The van der Waals surface area contributed by atoms with Crippen molar-refractivity contribution in [1.82, 2.24) is 0 Å². The number of rotatable bonds is 4. The lowest BCUT2D eigenvalue weighted by Crippen LogP contribution is -2.13. The van der Waals surface area contributed by atoms with Gasteiger partial charge < -0.3 is 10.6 Å². The van der Waals surface area contributed by atoms with Gasteiger partial charge in [-0.1, -0.05) is 35.0 Å². The summed E-state index contributed by atoms with van der Waals surface area (Å²) < 4.78 is 12.7. The van der Waals surface area contributed by atoms with E-state index in [1.165, 1.54) is 17.7 Å². The highest BCUT2D eigenvalue weighted by Gasteiger charge is 1.99. The molecule has 0 aliphatic heterocycles. The Hall–Kier alpha value is -2.36. The SMILES string of the molecule is Cc1ccc(CO/N=C(\N)c2ccc(F)cc2)cc1. The Morgan fingerprint density at radius 1 is 1.11 bits per heavy atom. The zero-order valence-corrected chi connectivity index (χ0v) is 10.6. The molecule has 0 spiro atoms. The van der Waals surface area contributed by atoms with Crippen LogP contribution in [0.15, 0.2) is 53.7 Å². The number of aryl methyl sites for hydroxylation is 1. The smallest absolute Gasteiger partial charge is 0.170 e. The second-order valence-electron chi connectivity index (χ2n) is 4.24. The predicted octanol–water partition coefficient (Wildman–Crippen LogP) is 2.97. The number of hydrogen-bond acceptors (Lipinski definition) is 2. The molecule has 19 heavy (non-hydrogen) atoms. The summed E-state index contributed by atoms with van der Waals surface area (Å²) in [4.78, 5) is 5.18. The minimum Gasteiger partial charge on any atom is -0.389 e. The normalized spacial score (nSPS) is 11.4. The zero-order valence-electron chi connectivity index (χ0n) is 10.6. The third-order valence-electron chi connectivity index (χ3n) is 2.65. The summed E-state index contributed by atoms with van der Waals surface area (Å²) in [6.45, 7) is 2.37. The van der Waals surface area contributed by atoms with Crippen molar-refractivity contribution in [2.24, 2.45) is 10.9 Å². The van der Waals surface area contributed by atoms with Crippen LogP contribution in [0.1, 0.15) is 16.7 Å². The summed E-state index contributed by atoms with van der Waals surface area (Å²) in [5.41, 5.74) is 8.57. The second kappa shape index (κ2) is 6.00. The van der Waals surface area contributed by atoms with Gasteiger partial charge in [-0.05, 0) is 36.8 Å². The molecule has 0 saturated carbocycles. The number of benzene rings is 2. The van der Waals surface area contributed by atoms with Crippen LogP contribution in [0.4, 0.5) is 4.39 Å². The van der Waals surface area contributed by atoms with E-state index in [0.29, 0.717) is 12.2 Å². The molecule has 2 rings (SSSR count). The third-order valence-corrected chi connectivity index (χ3v) is 2.65. The fourth-order valence-electron chi connectivity index (χ4n) is 1.53. The van der Waals surface area contributed by atoms with E-state index in [0.717, 1.165) is 5.56 Å². The van der Waals surface area contributed by atoms with E-state index >= 15 is 0 Å². The summed E-state index contributed by atoms with van der Waals surface area (Å²) >= 11 is 0. The molecule has 0 atom stereocenters. The van der Waals surface area contributed by atoms with Crippen molar-refractivity contribution in [3.63, 3.8) is 0 Å². The second-order valence-corrected chi connectivity index (χ2v) is 4.24. The van der Waals surface area contributed by atoms with Gasteiger partial charge >= 0.3 is 0 Å². The Labute approximate surface area is 111 Å². The van der Waals surface area contributed by atoms with Gasteiger partial charge in [-0.25, -0.2) is 4.39 Å². The van der Waals surface area contributed by atoms with Gasteiger partial charge in [0, 0.05) is 5.56 Å². The van der Waals surface area contributed by atoms with Gasteiger partial charge in [-0.15, -0.1) is 0 Å². The molecular formula is C15H15FN2O. The topological polar surface area (TPSA) is 47.6 Å². The Morgan fingerprint density at radius 2 is 1.74 bits per heavy atom. The maximum atomic E-state index is 12.7. The average Bonchev–Trinajstić information content (AvgIpc) is 2.41. The maximum Gasteiger partial charge on any atom is 0.170 e. The van der Waals surface area contributed by atoms with Crippen LogP contribution in [0.5, 0.6) is 0 Å². The molecule has 98 valence electrons. The first kappa shape index (κ1) is 13.1. The van der Waals surface area contributed by atoms with Crippen molar-refractivity contribution in [1.29, 1.82) is 0 Å². The molecular weight excluding hydrogens is 243 g/mol. The van der Waals surface area contributed by atoms with Crippen LogP contribution in [0, 0.1) is 12.7 Å². The Kier molecular flexibility index (Phi) is 4.13. The molecule has 0 aromatic heterocycles. The number of hydrogen-bond donors (Lipinski definition) is 1. The quantitative estimate of drug-likeness (QED) is 0.520. The molecule has 2 aromatic rings. The Morgan fingerprint density at radius 3 is 2.37 bits per heavy atom. The summed E-state index contributed by atoms with van der Waals surface area (Å²) in [5, 5.41) is 3.81. The molecule has 0 aliphatic carbocycles. The molecule has 0 saturated heterocycles. The van der Waals surface area contributed by atoms with Crippen LogP contribution in [0.3, 0.4) is 0 Å². The van der Waals surface area contributed by atoms with E-state index in [1.807, 2.05) is 31.2 Å². The monoisotopic (exact) mass is 258 g/mol. The first-order valence-electron chi connectivity index (χ1n) is 5.92. The van der Waals surface area contributed by atoms with E-state index in [2.05, 4.69) is 5.16 Å². The van der Waals surface area contributed by atoms with Crippen LogP contribution >= 0.6 is 0 Å². The lowest BCUT2D eigenvalue weighted by Gasteiger charge is -2.03. The third kappa shape index (κ3) is 3.81. The van der Waals surface area contributed by atoms with Gasteiger partial charge in [-0.2, -0.15) is 0 Å². The van der Waals surface area contributed by atoms with E-state index in [4.69, 9.17) is 10.6 Å². The van der Waals surface area contributed by atoms with Crippen molar-refractivity contribution in [2.75, 3.05) is 0 Å². The molecule has 4 heteroatoms. The molecule has 0 fully saturated rings. The molecule has 0 heterocycles. The number of amidine groups is 1. The standard InChI is InChI=1S/C15H15FN2O/c1-11-2-4-12(5-3-11)10-19-18-15(17)13-6-8-14(16)9-7-13/h2-9H,10H2,1H3,(H2,17,18). The fraction of sp³-hybridized carbons (Fsp3) is 0.133. The summed E-state index contributed by atoms with van der Waals surface area (Å²) in [5.74, 6) is -0.0794. The van der Waals surface area contributed by atoms with Gasteiger partial charge in [-0.3, -0.25) is 0 Å². The molecule has 0 aliphatic rings. The van der Waals surface area contributed by atoms with Gasteiger partial charge in [0.15, 0.2) is 5.84 Å². The van der Waals surface area contributed by atoms with E-state index in [1.54, 1.807) is 12.1 Å². The van der Waals surface area contributed by atoms with Gasteiger partial charge in [0.25, 0.3) is 0 Å². The van der Waals surface area contributed by atoms with Crippen molar-refractivity contribution in [3.05, 3.63) is 71.0 Å². The largest absolute Gasteiger partial charge is 0.389 e. The Balaban J connectivity index is 1.95. The predicted molar refractivity (Wildman–Crippen MR) is 73.1 cm³/mol. The first-order chi connectivity index (χ1) is 9.15. The van der Waals surface area contributed by atoms with Crippen molar-refractivity contribution >= 4 is 5.84 Å². The molecule has 2 N–H and O–H groups in total. The molecule has 0 bridgehead atoms. The fourth-order valence-corrected chi connectivity index (χ4v) is 1.53. The zero-order chi connectivity index (χ0) is 13.7. The van der Waals surface area contributed by atoms with Crippen LogP contribution in [0.25, 0.3) is 0 Å². The summed E-state index contributed by atoms with van der Waals surface area (Å²) in [7, 11) is 0. The highest BCUT2D eigenvalue weighted by molar-refractivity contribution is 5.96. The molecule has 3 nitrogen and oxygen atoms in total. The molecule has 2 aromatic carbocycles. The molecule has 0 radical (unpaired) electrons.